The topological polar surface area (TPSA) is 65.2 Å². The van der Waals surface area contributed by atoms with Crippen LogP contribution < -0.4 is 5.32 Å². The summed E-state index contributed by atoms with van der Waals surface area (Å²) in [6, 6.07) is 1.68. The van der Waals surface area contributed by atoms with E-state index in [4.69, 9.17) is 0 Å². The molecule has 0 radical (unpaired) electrons. The van der Waals surface area contributed by atoms with Crippen LogP contribution in [0.15, 0.2) is 29.8 Å². The predicted molar refractivity (Wildman–Crippen MR) is 82.0 cm³/mol. The Bertz CT molecular complexity index is 541. The van der Waals surface area contributed by atoms with E-state index in [1.165, 1.54) is 4.31 Å². The van der Waals surface area contributed by atoms with Crippen LogP contribution in [-0.2, 0) is 16.6 Å². The molecule has 2 N–H and O–H groups in total. The molecule has 1 aromatic heterocycles. The molecule has 1 heterocycles. The van der Waals surface area contributed by atoms with Crippen LogP contribution in [-0.4, -0.2) is 36.3 Å². The van der Waals surface area contributed by atoms with E-state index >= 15 is 0 Å². The largest absolute Gasteiger partial charge is 0.363 e. The van der Waals surface area contributed by atoms with Gasteiger partial charge in [0.15, 0.2) is 0 Å². The zero-order valence-electron chi connectivity index (χ0n) is 12.7. The summed E-state index contributed by atoms with van der Waals surface area (Å²) in [6.07, 6.45) is 3.15. The lowest BCUT2D eigenvalue weighted by Crippen LogP contribution is -2.45. The van der Waals surface area contributed by atoms with Gasteiger partial charge in [0.2, 0.25) is 10.0 Å². The molecule has 20 heavy (non-hydrogen) atoms. The van der Waals surface area contributed by atoms with Crippen LogP contribution in [0.2, 0.25) is 0 Å². The van der Waals surface area contributed by atoms with Gasteiger partial charge in [-0.05, 0) is 33.4 Å². The first-order valence-electron chi connectivity index (χ1n) is 6.75. The third-order valence-electron chi connectivity index (χ3n) is 2.91. The number of nitrogens with zero attached hydrogens (tertiary/aromatic N) is 1. The van der Waals surface area contributed by atoms with E-state index in [0.29, 0.717) is 18.0 Å². The molecule has 0 saturated carbocycles. The molecule has 1 aromatic rings. The fourth-order valence-electron chi connectivity index (χ4n) is 1.91. The molecule has 5 nitrogen and oxygen atoms in total. The molecule has 0 aliphatic heterocycles. The third kappa shape index (κ3) is 3.94. The number of hydrogen-bond donors (Lipinski definition) is 2. The van der Waals surface area contributed by atoms with Gasteiger partial charge in [0.25, 0.3) is 0 Å². The van der Waals surface area contributed by atoms with Gasteiger partial charge >= 0.3 is 0 Å². The first kappa shape index (κ1) is 16.9. The van der Waals surface area contributed by atoms with Crippen molar-refractivity contribution in [3.8, 4) is 0 Å². The minimum Gasteiger partial charge on any atom is -0.363 e. The highest BCUT2D eigenvalue weighted by atomic mass is 32.2. The standard InChI is InChI=1S/C14H25N3O2S/c1-6-8-17(14(3,4)5)20(18,19)13-9-12(16-11-13)10-15-7-2/h6,9,11,15-16H,1,7-8,10H2,2-5H3. The number of rotatable bonds is 7. The van der Waals surface area contributed by atoms with Gasteiger partial charge in [-0.2, -0.15) is 4.31 Å². The second-order valence-electron chi connectivity index (χ2n) is 5.64. The van der Waals surface area contributed by atoms with E-state index < -0.39 is 15.6 Å². The quantitative estimate of drug-likeness (QED) is 0.758. The zero-order valence-corrected chi connectivity index (χ0v) is 13.5. The van der Waals surface area contributed by atoms with Crippen molar-refractivity contribution in [1.29, 1.82) is 0 Å². The van der Waals surface area contributed by atoms with E-state index in [9.17, 15) is 8.42 Å². The summed E-state index contributed by atoms with van der Waals surface area (Å²) in [6.45, 7) is 13.0. The SMILES string of the molecule is C=CCN(C(C)(C)C)S(=O)(=O)c1c[nH]c(CNCC)c1. The molecule has 0 amide bonds. The molecule has 0 atom stereocenters. The first-order chi connectivity index (χ1) is 9.23. The van der Waals surface area contributed by atoms with Crippen LogP contribution in [0.5, 0.6) is 0 Å². The lowest BCUT2D eigenvalue weighted by molar-refractivity contribution is 0.270. The highest BCUT2D eigenvalue weighted by Gasteiger charge is 2.33. The monoisotopic (exact) mass is 299 g/mol. The number of hydrogen-bond acceptors (Lipinski definition) is 3. The van der Waals surface area contributed by atoms with Crippen molar-refractivity contribution in [3.63, 3.8) is 0 Å². The van der Waals surface area contributed by atoms with Crippen molar-refractivity contribution >= 4 is 10.0 Å². The van der Waals surface area contributed by atoms with Gasteiger partial charge in [-0.15, -0.1) is 6.58 Å². The summed E-state index contributed by atoms with van der Waals surface area (Å²) in [7, 11) is -3.52. The van der Waals surface area contributed by atoms with E-state index in [-0.39, 0.29) is 0 Å². The van der Waals surface area contributed by atoms with Gasteiger partial charge in [-0.3, -0.25) is 0 Å². The summed E-state index contributed by atoms with van der Waals surface area (Å²) in [4.78, 5) is 3.29. The smallest absolute Gasteiger partial charge is 0.245 e. The maximum absolute atomic E-state index is 12.7. The Morgan fingerprint density at radius 2 is 2.10 bits per heavy atom. The highest BCUT2D eigenvalue weighted by Crippen LogP contribution is 2.24. The van der Waals surface area contributed by atoms with Crippen molar-refractivity contribution in [3.05, 3.63) is 30.6 Å². The van der Waals surface area contributed by atoms with Gasteiger partial charge in [0.05, 0.1) is 4.90 Å². The Hall–Kier alpha value is -1.11. The van der Waals surface area contributed by atoms with Crippen molar-refractivity contribution in [2.24, 2.45) is 0 Å². The van der Waals surface area contributed by atoms with E-state index in [1.54, 1.807) is 18.3 Å². The maximum atomic E-state index is 12.7. The molecule has 0 bridgehead atoms. The molecule has 6 heteroatoms. The molecule has 1 rings (SSSR count). The number of nitrogens with one attached hydrogen (secondary N) is 2. The second-order valence-corrected chi connectivity index (χ2v) is 7.50. The van der Waals surface area contributed by atoms with Crippen molar-refractivity contribution in [2.45, 2.75) is 44.7 Å². The van der Waals surface area contributed by atoms with Crippen LogP contribution in [0.1, 0.15) is 33.4 Å². The zero-order chi connectivity index (χ0) is 15.4. The second kappa shape index (κ2) is 6.56. The molecule has 0 unspecified atom stereocenters. The number of sulfonamides is 1. The molecule has 114 valence electrons. The predicted octanol–water partition coefficient (Wildman–Crippen LogP) is 2.10. The van der Waals surface area contributed by atoms with Crippen LogP contribution in [0, 0.1) is 0 Å². The van der Waals surface area contributed by atoms with Gasteiger partial charge in [0.1, 0.15) is 0 Å². The van der Waals surface area contributed by atoms with Gasteiger partial charge < -0.3 is 10.3 Å². The highest BCUT2D eigenvalue weighted by molar-refractivity contribution is 7.89. The van der Waals surface area contributed by atoms with Crippen LogP contribution in [0.3, 0.4) is 0 Å². The molecular weight excluding hydrogens is 274 g/mol. The fraction of sp³-hybridized carbons (Fsp3) is 0.571. The lowest BCUT2D eigenvalue weighted by Gasteiger charge is -2.33. The average molecular weight is 299 g/mol. The first-order valence-corrected chi connectivity index (χ1v) is 8.19. The van der Waals surface area contributed by atoms with Crippen molar-refractivity contribution in [2.75, 3.05) is 13.1 Å². The fourth-order valence-corrected chi connectivity index (χ4v) is 3.68. The van der Waals surface area contributed by atoms with E-state index in [0.717, 1.165) is 12.2 Å². The van der Waals surface area contributed by atoms with Crippen LogP contribution in [0.25, 0.3) is 0 Å². The molecule has 0 saturated heterocycles. The Kier molecular flexibility index (Phi) is 5.56. The minimum atomic E-state index is -3.52. The number of H-pyrrole nitrogens is 1. The summed E-state index contributed by atoms with van der Waals surface area (Å²) in [5, 5.41) is 3.16. The van der Waals surface area contributed by atoms with Crippen molar-refractivity contribution in [1.82, 2.24) is 14.6 Å². The minimum absolute atomic E-state index is 0.291. The average Bonchev–Trinajstić information content (AvgIpc) is 2.81. The Labute approximate surface area is 122 Å². The van der Waals surface area contributed by atoms with Gasteiger partial charge in [0, 0.05) is 30.5 Å². The maximum Gasteiger partial charge on any atom is 0.245 e. The normalized spacial score (nSPS) is 12.8. The molecular formula is C14H25N3O2S. The third-order valence-corrected chi connectivity index (χ3v) is 5.02. The van der Waals surface area contributed by atoms with Crippen LogP contribution >= 0.6 is 0 Å². The van der Waals surface area contributed by atoms with E-state index in [1.807, 2.05) is 27.7 Å². The molecule has 0 aliphatic rings. The number of aromatic amines is 1. The van der Waals surface area contributed by atoms with E-state index in [2.05, 4.69) is 16.9 Å². The number of aromatic nitrogens is 1. The van der Waals surface area contributed by atoms with Crippen molar-refractivity contribution < 1.29 is 8.42 Å². The van der Waals surface area contributed by atoms with Gasteiger partial charge in [-0.1, -0.05) is 13.0 Å². The summed E-state index contributed by atoms with van der Waals surface area (Å²) >= 11 is 0. The molecule has 0 spiro atoms. The molecule has 0 aromatic carbocycles. The lowest BCUT2D eigenvalue weighted by atomic mass is 10.1. The Morgan fingerprint density at radius 1 is 1.45 bits per heavy atom. The molecule has 0 fully saturated rings. The summed E-state index contributed by atoms with van der Waals surface area (Å²) in [5.41, 5.74) is 0.365. The Balaban J connectivity index is 3.07. The van der Waals surface area contributed by atoms with Gasteiger partial charge in [-0.25, -0.2) is 8.42 Å². The summed E-state index contributed by atoms with van der Waals surface area (Å²) in [5.74, 6) is 0. The Morgan fingerprint density at radius 3 is 2.60 bits per heavy atom. The molecule has 0 aliphatic carbocycles. The summed E-state index contributed by atoms with van der Waals surface area (Å²) < 4.78 is 26.8. The van der Waals surface area contributed by atoms with Crippen LogP contribution in [0.4, 0.5) is 0 Å².